The Morgan fingerprint density at radius 1 is 1.35 bits per heavy atom. The second-order valence-electron chi connectivity index (χ2n) is 7.03. The topological polar surface area (TPSA) is 48.9 Å². The molecule has 148 valence electrons. The van der Waals surface area contributed by atoms with Crippen LogP contribution in [0.4, 0.5) is 0 Å². The molecule has 1 aliphatic rings. The van der Waals surface area contributed by atoms with Crippen molar-refractivity contribution in [2.45, 2.75) is 39.2 Å². The molecule has 0 bridgehead atoms. The maximum atomic E-state index is 5.40. The van der Waals surface area contributed by atoms with E-state index in [1.165, 1.54) is 31.5 Å². The van der Waals surface area contributed by atoms with Crippen LogP contribution in [0.15, 0.2) is 29.3 Å². The van der Waals surface area contributed by atoms with Gasteiger partial charge in [0.15, 0.2) is 5.96 Å². The van der Waals surface area contributed by atoms with Crippen molar-refractivity contribution in [3.63, 3.8) is 0 Å². The average Bonchev–Trinajstić information content (AvgIpc) is 2.64. The van der Waals surface area contributed by atoms with Gasteiger partial charge in [-0.25, -0.2) is 0 Å². The van der Waals surface area contributed by atoms with E-state index in [1.54, 1.807) is 7.11 Å². The number of likely N-dealkylation sites (tertiary alicyclic amines) is 1. The predicted octanol–water partition coefficient (Wildman–Crippen LogP) is 3.14. The van der Waals surface area contributed by atoms with Gasteiger partial charge >= 0.3 is 0 Å². The van der Waals surface area contributed by atoms with Crippen LogP contribution in [0.2, 0.25) is 0 Å². The number of hydrogen-bond donors (Lipinski definition) is 2. The normalized spacial score (nSPS) is 19.4. The fraction of sp³-hybridized carbons (Fsp3) is 0.650. The molecule has 1 saturated heterocycles. The first-order chi connectivity index (χ1) is 12.1. The summed E-state index contributed by atoms with van der Waals surface area (Å²) in [6.07, 6.45) is 3.59. The monoisotopic (exact) mass is 474 g/mol. The Hall–Kier alpha value is -1.02. The first-order valence-corrected chi connectivity index (χ1v) is 9.44. The maximum absolute atomic E-state index is 5.40. The van der Waals surface area contributed by atoms with Crippen LogP contribution in [0.3, 0.4) is 0 Å². The van der Waals surface area contributed by atoms with Crippen LogP contribution in [0.1, 0.15) is 32.3 Å². The Kier molecular flexibility index (Phi) is 11.0. The summed E-state index contributed by atoms with van der Waals surface area (Å²) in [5, 5.41) is 6.86. The minimum atomic E-state index is 0. The third-order valence-corrected chi connectivity index (χ3v) is 4.98. The molecule has 0 radical (unpaired) electrons. The summed E-state index contributed by atoms with van der Waals surface area (Å²) in [5.41, 5.74) is 1.21. The highest BCUT2D eigenvalue weighted by atomic mass is 127. The van der Waals surface area contributed by atoms with E-state index in [0.717, 1.165) is 37.1 Å². The summed E-state index contributed by atoms with van der Waals surface area (Å²) in [4.78, 5) is 6.93. The van der Waals surface area contributed by atoms with Gasteiger partial charge in [0.2, 0.25) is 0 Å². The number of guanidine groups is 1. The largest absolute Gasteiger partial charge is 0.496 e. The zero-order chi connectivity index (χ0) is 18.1. The number of aliphatic imine (C=N–C) groups is 1. The molecule has 0 aromatic heterocycles. The van der Waals surface area contributed by atoms with E-state index < -0.39 is 0 Å². The number of rotatable bonds is 7. The summed E-state index contributed by atoms with van der Waals surface area (Å²) in [6.45, 7) is 8.82. The van der Waals surface area contributed by atoms with E-state index in [-0.39, 0.29) is 24.0 Å². The summed E-state index contributed by atoms with van der Waals surface area (Å²) in [5.74, 6) is 2.63. The van der Waals surface area contributed by atoms with Gasteiger partial charge < -0.3 is 15.4 Å². The molecule has 1 aromatic carbocycles. The van der Waals surface area contributed by atoms with Crippen LogP contribution in [-0.2, 0) is 6.42 Å². The first kappa shape index (κ1) is 23.0. The minimum absolute atomic E-state index is 0. The lowest BCUT2D eigenvalue weighted by atomic mass is 9.99. The molecule has 26 heavy (non-hydrogen) atoms. The van der Waals surface area contributed by atoms with Crippen molar-refractivity contribution in [2.75, 3.05) is 40.3 Å². The predicted molar refractivity (Wildman–Crippen MR) is 121 cm³/mol. The average molecular weight is 474 g/mol. The molecule has 5 nitrogen and oxygen atoms in total. The number of piperidine rings is 1. The Morgan fingerprint density at radius 2 is 2.12 bits per heavy atom. The van der Waals surface area contributed by atoms with E-state index in [9.17, 15) is 0 Å². The zero-order valence-corrected chi connectivity index (χ0v) is 19.0. The van der Waals surface area contributed by atoms with Gasteiger partial charge in [0.05, 0.1) is 7.11 Å². The van der Waals surface area contributed by atoms with Gasteiger partial charge in [-0.3, -0.25) is 9.89 Å². The highest BCUT2D eigenvalue weighted by Gasteiger charge is 2.20. The first-order valence-electron chi connectivity index (χ1n) is 9.44. The van der Waals surface area contributed by atoms with Gasteiger partial charge in [-0.05, 0) is 50.3 Å². The Labute approximate surface area is 176 Å². The van der Waals surface area contributed by atoms with E-state index in [2.05, 4.69) is 40.4 Å². The van der Waals surface area contributed by atoms with Gasteiger partial charge in [-0.15, -0.1) is 24.0 Å². The summed E-state index contributed by atoms with van der Waals surface area (Å²) >= 11 is 0. The Balaban J connectivity index is 0.00000338. The number of nitrogens with zero attached hydrogens (tertiary/aromatic N) is 2. The molecule has 2 unspecified atom stereocenters. The number of methoxy groups -OCH3 is 1. The van der Waals surface area contributed by atoms with Crippen molar-refractivity contribution in [1.82, 2.24) is 15.5 Å². The zero-order valence-electron chi connectivity index (χ0n) is 16.6. The molecule has 0 amide bonds. The van der Waals surface area contributed by atoms with E-state index >= 15 is 0 Å². The number of halogens is 1. The van der Waals surface area contributed by atoms with Gasteiger partial charge in [0.25, 0.3) is 0 Å². The smallest absolute Gasteiger partial charge is 0.191 e. The van der Waals surface area contributed by atoms with Crippen molar-refractivity contribution < 1.29 is 4.74 Å². The minimum Gasteiger partial charge on any atom is -0.496 e. The lowest BCUT2D eigenvalue weighted by molar-refractivity contribution is 0.139. The molecule has 1 aliphatic heterocycles. The molecular weight excluding hydrogens is 439 g/mol. The molecule has 2 rings (SSSR count). The number of para-hydroxylation sites is 1. The maximum Gasteiger partial charge on any atom is 0.191 e. The molecule has 1 aromatic rings. The molecule has 0 spiro atoms. The Morgan fingerprint density at radius 3 is 2.81 bits per heavy atom. The van der Waals surface area contributed by atoms with Gasteiger partial charge in [0.1, 0.15) is 5.75 Å². The number of nitrogens with one attached hydrogen (secondary N) is 2. The van der Waals surface area contributed by atoms with E-state index in [4.69, 9.17) is 4.74 Å². The quantitative estimate of drug-likeness (QED) is 0.362. The van der Waals surface area contributed by atoms with Crippen LogP contribution in [0.5, 0.6) is 5.75 Å². The summed E-state index contributed by atoms with van der Waals surface area (Å²) in [7, 11) is 3.54. The van der Waals surface area contributed by atoms with Gasteiger partial charge in [0, 0.05) is 32.7 Å². The highest BCUT2D eigenvalue weighted by molar-refractivity contribution is 14.0. The summed E-state index contributed by atoms with van der Waals surface area (Å²) in [6, 6.07) is 8.68. The molecule has 1 fully saturated rings. The van der Waals surface area contributed by atoms with Crippen molar-refractivity contribution in [1.29, 1.82) is 0 Å². The second-order valence-corrected chi connectivity index (χ2v) is 7.03. The number of ether oxygens (including phenoxy) is 1. The van der Waals surface area contributed by atoms with Gasteiger partial charge in [-0.1, -0.05) is 25.1 Å². The second kappa shape index (κ2) is 12.4. The molecule has 0 saturated carbocycles. The number of hydrogen-bond acceptors (Lipinski definition) is 3. The fourth-order valence-corrected chi connectivity index (χ4v) is 3.45. The Bertz CT molecular complexity index is 552. The lowest BCUT2D eigenvalue weighted by Crippen LogP contribution is -2.48. The highest BCUT2D eigenvalue weighted by Crippen LogP contribution is 2.18. The van der Waals surface area contributed by atoms with Crippen LogP contribution in [0, 0.1) is 5.92 Å². The number of benzene rings is 1. The molecule has 2 N–H and O–H groups in total. The van der Waals surface area contributed by atoms with Crippen molar-refractivity contribution in [3.8, 4) is 5.75 Å². The standard InChI is InChI=1S/C20H34N4O.HI/c1-16-8-7-13-24(15-16)17(2)14-23-20(21-3)22-12-11-18-9-5-6-10-19(18)25-4;/h5-6,9-10,16-17H,7-8,11-15H2,1-4H3,(H2,21,22,23);1H. The molecule has 6 heteroatoms. The van der Waals surface area contributed by atoms with Crippen molar-refractivity contribution >= 4 is 29.9 Å². The van der Waals surface area contributed by atoms with Crippen molar-refractivity contribution in [2.24, 2.45) is 10.9 Å². The summed E-state index contributed by atoms with van der Waals surface area (Å²) < 4.78 is 5.40. The third-order valence-electron chi connectivity index (χ3n) is 4.98. The third kappa shape index (κ3) is 7.31. The molecule has 2 atom stereocenters. The molecule has 0 aliphatic carbocycles. The van der Waals surface area contributed by atoms with Crippen LogP contribution in [-0.4, -0.2) is 57.2 Å². The SMILES string of the molecule is CN=C(NCCc1ccccc1OC)NCC(C)N1CCCC(C)C1.I. The van der Waals surface area contributed by atoms with Crippen LogP contribution < -0.4 is 15.4 Å². The fourth-order valence-electron chi connectivity index (χ4n) is 3.45. The van der Waals surface area contributed by atoms with Crippen molar-refractivity contribution in [3.05, 3.63) is 29.8 Å². The van der Waals surface area contributed by atoms with E-state index in [0.29, 0.717) is 6.04 Å². The molecule has 1 heterocycles. The van der Waals surface area contributed by atoms with E-state index in [1.807, 2.05) is 25.2 Å². The molecular formula is C20H35IN4O. The van der Waals surface area contributed by atoms with Crippen LogP contribution in [0.25, 0.3) is 0 Å². The lowest BCUT2D eigenvalue weighted by Gasteiger charge is -2.35. The van der Waals surface area contributed by atoms with Gasteiger partial charge in [-0.2, -0.15) is 0 Å². The van der Waals surface area contributed by atoms with Crippen LogP contribution >= 0.6 is 24.0 Å².